The first-order chi connectivity index (χ1) is 28.3. The first-order valence-electron chi connectivity index (χ1n) is 16.1. The van der Waals surface area contributed by atoms with Gasteiger partial charge in [-0.3, -0.25) is 0 Å². The van der Waals surface area contributed by atoms with Crippen molar-refractivity contribution in [2.75, 3.05) is 59.2 Å². The molecule has 0 aromatic carbocycles. The maximum atomic E-state index is 4.51. The van der Waals surface area contributed by atoms with Crippen LogP contribution in [0.3, 0.4) is 0 Å². The first-order valence-corrected chi connectivity index (χ1v) is 38.5. The molecular weight excluding hydrogens is 1180 g/mol. The molecule has 0 saturated heterocycles. The van der Waals surface area contributed by atoms with Gasteiger partial charge in [-0.2, -0.15) is 25.3 Å². The standard InChI is InChI=1S/C34H34S24/c1-37-25-26(38-2)50-20(49-25)9-10-22-52-28(40-4)32(56-22)44-16-46-34-30(42-6)54-24(58-34)12-11-23-53-29(41-5)33(57-23)45-15-43-31-27(39-3)51-21(55-31)8-7-19-47-17(13-35)18(14-36)48-19/h7-12,35-36H,13-16H2,1-6H3/b21-8-,22-10-,23-11+,24-12+. The summed E-state index contributed by atoms with van der Waals surface area (Å²) >= 11 is 51.1. The highest BCUT2D eigenvalue weighted by atomic mass is 32.3. The minimum atomic E-state index is 0.781. The van der Waals surface area contributed by atoms with E-state index in [-0.39, 0.29) is 0 Å². The largest absolute Gasteiger partial charge is 0.174 e. The number of hydrogen-bond donors (Lipinski definition) is 2. The molecule has 0 bridgehead atoms. The van der Waals surface area contributed by atoms with Gasteiger partial charge in [-0.05, 0) is 74.0 Å². The summed E-state index contributed by atoms with van der Waals surface area (Å²) in [6.45, 7) is 0. The van der Waals surface area contributed by atoms with Crippen LogP contribution < -0.4 is 0 Å². The Hall–Kier alpha value is 5.28. The van der Waals surface area contributed by atoms with Crippen LogP contribution in [0.15, 0.2) is 114 Å². The Morgan fingerprint density at radius 3 is 0.707 bits per heavy atom. The summed E-state index contributed by atoms with van der Waals surface area (Å²) in [5, 5.41) is 2.03. The second kappa shape index (κ2) is 28.1. The van der Waals surface area contributed by atoms with Crippen molar-refractivity contribution >= 4 is 284 Å². The van der Waals surface area contributed by atoms with E-state index in [1.807, 2.05) is 259 Å². The Bertz CT molecular complexity index is 1790. The van der Waals surface area contributed by atoms with Crippen LogP contribution in [-0.4, -0.2) is 59.2 Å². The van der Waals surface area contributed by atoms with Crippen molar-refractivity contribution in [2.45, 2.75) is 0 Å². The molecule has 0 fully saturated rings. The zero-order chi connectivity index (χ0) is 41.0. The molecule has 6 aliphatic rings. The van der Waals surface area contributed by atoms with Gasteiger partial charge in [-0.25, -0.2) is 0 Å². The summed E-state index contributed by atoms with van der Waals surface area (Å²) < 4.78 is 22.4. The average Bonchev–Trinajstić information content (AvgIpc) is 4.11. The third-order valence-electron chi connectivity index (χ3n) is 6.75. The van der Waals surface area contributed by atoms with E-state index in [1.54, 1.807) is 0 Å². The lowest BCUT2D eigenvalue weighted by atomic mass is 10.6. The topological polar surface area (TPSA) is 0 Å². The molecule has 0 N–H and O–H groups in total. The van der Waals surface area contributed by atoms with Crippen molar-refractivity contribution in [3.8, 4) is 0 Å². The minimum Gasteiger partial charge on any atom is -0.174 e. The monoisotopic (exact) mass is 1210 g/mol. The fraction of sp³-hybridized carbons (Fsp3) is 0.294. The number of rotatable bonds is 19. The molecule has 0 radical (unpaired) electrons. The van der Waals surface area contributed by atoms with Crippen LogP contribution in [0.2, 0.25) is 0 Å². The van der Waals surface area contributed by atoms with E-state index in [0.29, 0.717) is 0 Å². The summed E-state index contributed by atoms with van der Waals surface area (Å²) in [6.07, 6.45) is 27.0. The fourth-order valence-corrected chi connectivity index (χ4v) is 34.4. The molecule has 0 atom stereocenters. The molecule has 6 aliphatic heterocycles. The molecule has 6 rings (SSSR count). The maximum Gasteiger partial charge on any atom is 0.0667 e. The molecule has 24 heteroatoms. The molecule has 0 aromatic rings. The maximum absolute atomic E-state index is 4.51. The zero-order valence-corrected chi connectivity index (χ0v) is 50.9. The molecule has 314 valence electrons. The van der Waals surface area contributed by atoms with Gasteiger partial charge in [0.05, 0.1) is 63.6 Å². The molecule has 6 heterocycles. The molecule has 0 aromatic heterocycles. The molecule has 0 nitrogen and oxygen atoms in total. The van der Waals surface area contributed by atoms with Crippen LogP contribution in [0.1, 0.15) is 0 Å². The van der Waals surface area contributed by atoms with Crippen molar-refractivity contribution < 1.29 is 0 Å². The third kappa shape index (κ3) is 15.4. The first kappa shape index (κ1) is 52.6. The quantitative estimate of drug-likeness (QED) is 0.0930. The summed E-state index contributed by atoms with van der Waals surface area (Å²) in [5.74, 6) is 1.56. The van der Waals surface area contributed by atoms with Crippen LogP contribution in [-0.2, 0) is 0 Å². The lowest BCUT2D eigenvalue weighted by Gasteiger charge is -2.04. The van der Waals surface area contributed by atoms with Gasteiger partial charge >= 0.3 is 0 Å². The Labute approximate surface area is 449 Å². The highest BCUT2D eigenvalue weighted by Gasteiger charge is 2.27. The van der Waals surface area contributed by atoms with Crippen molar-refractivity contribution in [1.29, 1.82) is 0 Å². The predicted molar refractivity (Wildman–Crippen MR) is 331 cm³/mol. The Balaban J connectivity index is 0.952. The van der Waals surface area contributed by atoms with Crippen LogP contribution >= 0.6 is 284 Å². The summed E-state index contributed by atoms with van der Waals surface area (Å²) in [6, 6.07) is 0. The van der Waals surface area contributed by atoms with Gasteiger partial charge < -0.3 is 0 Å². The smallest absolute Gasteiger partial charge is 0.0667 e. The molecule has 0 amide bonds. The molecule has 0 saturated carbocycles. The molecule has 0 aliphatic carbocycles. The SMILES string of the molecule is CSC1=C(SC)SC(=C/C=C2/SC(SC)=C(SCSC3=C(SC)S/C(=C\C=C4/SC(SC)=C(SCSC5=C(SC)S/C(=C/C=C6SC(CS)=C(CS)S6)S5)S4)S3)S2)S1. The van der Waals surface area contributed by atoms with E-state index in [0.717, 1.165) is 21.7 Å². The number of thiol groups is 2. The lowest BCUT2D eigenvalue weighted by molar-refractivity contribution is 1.61. The number of hydrogen-bond acceptors (Lipinski definition) is 24. The van der Waals surface area contributed by atoms with Gasteiger partial charge in [0.2, 0.25) is 0 Å². The number of thioether (sulfide) groups is 22. The van der Waals surface area contributed by atoms with E-state index < -0.39 is 0 Å². The van der Waals surface area contributed by atoms with E-state index in [4.69, 9.17) is 0 Å². The van der Waals surface area contributed by atoms with E-state index in [2.05, 4.69) is 99.2 Å². The molecular formula is C34H34S24. The normalized spacial score (nSPS) is 23.3. The van der Waals surface area contributed by atoms with Gasteiger partial charge in [0.1, 0.15) is 0 Å². The number of allylic oxidation sites excluding steroid dienone is 6. The van der Waals surface area contributed by atoms with Crippen molar-refractivity contribution in [3.05, 3.63) is 114 Å². The van der Waals surface area contributed by atoms with Gasteiger partial charge in [0.25, 0.3) is 0 Å². The van der Waals surface area contributed by atoms with Crippen molar-refractivity contribution in [2.24, 2.45) is 0 Å². The highest BCUT2D eigenvalue weighted by Crippen LogP contribution is 2.63. The van der Waals surface area contributed by atoms with E-state index >= 15 is 0 Å². The van der Waals surface area contributed by atoms with Crippen LogP contribution in [0.25, 0.3) is 0 Å². The predicted octanol–water partition coefficient (Wildman–Crippen LogP) is 20.6. The summed E-state index contributed by atoms with van der Waals surface area (Å²) in [4.78, 5) is 2.67. The summed E-state index contributed by atoms with van der Waals surface area (Å²) in [5.41, 5.74) is 0. The molecule has 0 spiro atoms. The van der Waals surface area contributed by atoms with Crippen LogP contribution in [0.5, 0.6) is 0 Å². The van der Waals surface area contributed by atoms with Gasteiger partial charge in [-0.1, -0.05) is 141 Å². The zero-order valence-electron chi connectivity index (χ0n) is 31.2. The van der Waals surface area contributed by atoms with Crippen LogP contribution in [0.4, 0.5) is 0 Å². The summed E-state index contributed by atoms with van der Waals surface area (Å²) in [7, 11) is 0. The Morgan fingerprint density at radius 2 is 0.500 bits per heavy atom. The molecule has 58 heavy (non-hydrogen) atoms. The molecule has 0 unspecified atom stereocenters. The third-order valence-corrected chi connectivity index (χ3v) is 36.9. The van der Waals surface area contributed by atoms with E-state index in [9.17, 15) is 0 Å². The Kier molecular flexibility index (Phi) is 25.5. The van der Waals surface area contributed by atoms with Crippen LogP contribution in [0, 0.1) is 0 Å². The average molecular weight is 1210 g/mol. The highest BCUT2D eigenvalue weighted by molar-refractivity contribution is 8.46. The fourth-order valence-electron chi connectivity index (χ4n) is 4.25. The van der Waals surface area contributed by atoms with Crippen molar-refractivity contribution in [3.63, 3.8) is 0 Å². The Morgan fingerprint density at radius 1 is 0.310 bits per heavy atom. The van der Waals surface area contributed by atoms with Crippen molar-refractivity contribution in [1.82, 2.24) is 0 Å². The second-order valence-electron chi connectivity index (χ2n) is 10.2. The lowest BCUT2D eigenvalue weighted by Crippen LogP contribution is -1.80. The van der Waals surface area contributed by atoms with Gasteiger partial charge in [0.15, 0.2) is 0 Å². The second-order valence-corrected chi connectivity index (χ2v) is 37.3. The minimum absolute atomic E-state index is 0.781. The van der Waals surface area contributed by atoms with E-state index in [1.165, 1.54) is 77.6 Å². The van der Waals surface area contributed by atoms with Gasteiger partial charge in [-0.15, -0.1) is 118 Å². The van der Waals surface area contributed by atoms with Gasteiger partial charge in [0, 0.05) is 35.7 Å².